The van der Waals surface area contributed by atoms with Gasteiger partial charge in [-0.25, -0.2) is 9.37 Å². The van der Waals surface area contributed by atoms with Gasteiger partial charge in [-0.3, -0.25) is 4.79 Å². The molecule has 0 saturated carbocycles. The number of carbonyl (C=O) groups is 1. The highest BCUT2D eigenvalue weighted by molar-refractivity contribution is 7.15. The van der Waals surface area contributed by atoms with Crippen LogP contribution in [0.15, 0.2) is 53.9 Å². The van der Waals surface area contributed by atoms with Gasteiger partial charge in [0.2, 0.25) is 11.0 Å². The van der Waals surface area contributed by atoms with Crippen molar-refractivity contribution in [3.63, 3.8) is 0 Å². The molecule has 1 N–H and O–H groups in total. The Balaban J connectivity index is 1.34. The van der Waals surface area contributed by atoms with Gasteiger partial charge in [-0.2, -0.15) is 0 Å². The van der Waals surface area contributed by atoms with Crippen molar-refractivity contribution in [1.82, 2.24) is 15.2 Å². The first-order chi connectivity index (χ1) is 15.1. The smallest absolute Gasteiger partial charge is 0.232 e. The molecule has 4 aromatic rings. The van der Waals surface area contributed by atoms with E-state index in [2.05, 4.69) is 20.5 Å². The van der Waals surface area contributed by atoms with Crippen molar-refractivity contribution < 1.29 is 13.9 Å². The van der Waals surface area contributed by atoms with Crippen molar-refractivity contribution in [3.8, 4) is 16.3 Å². The number of aromatic nitrogens is 3. The van der Waals surface area contributed by atoms with Crippen molar-refractivity contribution in [2.24, 2.45) is 0 Å². The Kier molecular flexibility index (Phi) is 6.63. The first-order valence-electron chi connectivity index (χ1n) is 9.63. The molecule has 158 valence electrons. The molecule has 1 amide bonds. The number of ether oxygens (including phenoxy) is 1. The number of anilines is 1. The molecule has 2 aromatic carbocycles. The largest absolute Gasteiger partial charge is 0.494 e. The summed E-state index contributed by atoms with van der Waals surface area (Å²) in [6, 6.07) is 14.1. The van der Waals surface area contributed by atoms with Gasteiger partial charge in [-0.05, 0) is 48.9 Å². The van der Waals surface area contributed by atoms with Gasteiger partial charge in [0, 0.05) is 17.4 Å². The SMILES string of the molecule is CCOc1ccc(-c2nc(CC(=O)Nc3nnc(Cc4cccc(F)c4)s3)cs2)cc1. The van der Waals surface area contributed by atoms with Gasteiger partial charge < -0.3 is 10.1 Å². The highest BCUT2D eigenvalue weighted by Gasteiger charge is 2.12. The molecule has 2 heterocycles. The van der Waals surface area contributed by atoms with Crippen LogP contribution in [-0.2, 0) is 17.6 Å². The lowest BCUT2D eigenvalue weighted by Crippen LogP contribution is -2.14. The van der Waals surface area contributed by atoms with E-state index >= 15 is 0 Å². The van der Waals surface area contributed by atoms with Gasteiger partial charge >= 0.3 is 0 Å². The number of halogens is 1. The normalized spacial score (nSPS) is 10.8. The first-order valence-corrected chi connectivity index (χ1v) is 11.3. The standard InChI is InChI=1S/C22H19FN4O2S2/c1-2-29-18-8-6-15(7-9-18)21-24-17(13-30-21)12-19(28)25-22-27-26-20(31-22)11-14-4-3-5-16(23)10-14/h3-10,13H,2,11-12H2,1H3,(H,25,27,28). The fourth-order valence-electron chi connectivity index (χ4n) is 2.91. The zero-order valence-corrected chi connectivity index (χ0v) is 18.3. The van der Waals surface area contributed by atoms with E-state index in [0.29, 0.717) is 28.9 Å². The van der Waals surface area contributed by atoms with E-state index in [-0.39, 0.29) is 18.1 Å². The number of rotatable bonds is 8. The number of hydrogen-bond acceptors (Lipinski definition) is 7. The molecule has 0 unspecified atom stereocenters. The number of carbonyl (C=O) groups excluding carboxylic acids is 1. The molecule has 0 radical (unpaired) electrons. The molecular formula is C22H19FN4O2S2. The van der Waals surface area contributed by atoms with Gasteiger partial charge in [0.25, 0.3) is 0 Å². The van der Waals surface area contributed by atoms with Gasteiger partial charge in [0.1, 0.15) is 21.6 Å². The van der Waals surface area contributed by atoms with Crippen LogP contribution in [0.3, 0.4) is 0 Å². The minimum atomic E-state index is -0.289. The van der Waals surface area contributed by atoms with E-state index in [1.807, 2.05) is 42.6 Å². The maximum atomic E-state index is 13.3. The molecular weight excluding hydrogens is 435 g/mol. The summed E-state index contributed by atoms with van der Waals surface area (Å²) >= 11 is 2.76. The first kappa shape index (κ1) is 21.1. The summed E-state index contributed by atoms with van der Waals surface area (Å²) in [4.78, 5) is 16.9. The zero-order chi connectivity index (χ0) is 21.6. The van der Waals surface area contributed by atoms with E-state index in [4.69, 9.17) is 4.74 Å². The topological polar surface area (TPSA) is 77.0 Å². The summed E-state index contributed by atoms with van der Waals surface area (Å²) in [6.45, 7) is 2.57. The Morgan fingerprint density at radius 3 is 2.77 bits per heavy atom. The number of hydrogen-bond donors (Lipinski definition) is 1. The van der Waals surface area contributed by atoms with Crippen LogP contribution in [0.4, 0.5) is 9.52 Å². The second-order valence-corrected chi connectivity index (χ2v) is 8.55. The molecule has 0 aliphatic heterocycles. The molecule has 6 nitrogen and oxygen atoms in total. The molecule has 0 bridgehead atoms. The number of amides is 1. The van der Waals surface area contributed by atoms with Gasteiger partial charge in [-0.1, -0.05) is 23.5 Å². The highest BCUT2D eigenvalue weighted by Crippen LogP contribution is 2.26. The van der Waals surface area contributed by atoms with Crippen LogP contribution in [-0.4, -0.2) is 27.7 Å². The molecule has 4 rings (SSSR count). The molecule has 0 fully saturated rings. The summed E-state index contributed by atoms with van der Waals surface area (Å²) in [5, 5.41) is 14.7. The van der Waals surface area contributed by atoms with E-state index in [9.17, 15) is 9.18 Å². The second-order valence-electron chi connectivity index (χ2n) is 6.63. The van der Waals surface area contributed by atoms with E-state index in [1.54, 1.807) is 6.07 Å². The molecule has 2 aromatic heterocycles. The second kappa shape index (κ2) is 9.76. The number of nitrogens with zero attached hydrogens (tertiary/aromatic N) is 3. The highest BCUT2D eigenvalue weighted by atomic mass is 32.1. The van der Waals surface area contributed by atoms with E-state index in [0.717, 1.165) is 21.9 Å². The lowest BCUT2D eigenvalue weighted by molar-refractivity contribution is -0.115. The molecule has 0 spiro atoms. The molecule has 9 heteroatoms. The predicted molar refractivity (Wildman–Crippen MR) is 120 cm³/mol. The van der Waals surface area contributed by atoms with Crippen LogP contribution >= 0.6 is 22.7 Å². The van der Waals surface area contributed by atoms with E-state index in [1.165, 1.54) is 34.8 Å². The quantitative estimate of drug-likeness (QED) is 0.407. The fraction of sp³-hybridized carbons (Fsp3) is 0.182. The number of benzene rings is 2. The monoisotopic (exact) mass is 454 g/mol. The average Bonchev–Trinajstić information content (AvgIpc) is 3.38. The molecule has 0 aliphatic carbocycles. The summed E-state index contributed by atoms with van der Waals surface area (Å²) in [5.74, 6) is 0.316. The van der Waals surface area contributed by atoms with Crippen molar-refractivity contribution in [1.29, 1.82) is 0 Å². The van der Waals surface area contributed by atoms with Crippen LogP contribution in [0.25, 0.3) is 10.6 Å². The van der Waals surface area contributed by atoms with Crippen molar-refractivity contribution >= 4 is 33.7 Å². The number of thiazole rings is 1. The third kappa shape index (κ3) is 5.71. The zero-order valence-electron chi connectivity index (χ0n) is 16.7. The van der Waals surface area contributed by atoms with Crippen LogP contribution in [0.1, 0.15) is 23.2 Å². The Morgan fingerprint density at radius 2 is 2.00 bits per heavy atom. The van der Waals surface area contributed by atoms with Gasteiger partial charge in [0.15, 0.2) is 0 Å². The molecule has 0 aliphatic rings. The summed E-state index contributed by atoms with van der Waals surface area (Å²) < 4.78 is 18.8. The van der Waals surface area contributed by atoms with Crippen LogP contribution < -0.4 is 10.1 Å². The average molecular weight is 455 g/mol. The molecule has 31 heavy (non-hydrogen) atoms. The third-order valence-electron chi connectivity index (χ3n) is 4.26. The molecule has 0 saturated heterocycles. The Bertz CT molecular complexity index is 1170. The van der Waals surface area contributed by atoms with Crippen molar-refractivity contribution in [3.05, 3.63) is 76.0 Å². The summed E-state index contributed by atoms with van der Waals surface area (Å²) in [7, 11) is 0. The van der Waals surface area contributed by atoms with Crippen molar-refractivity contribution in [2.45, 2.75) is 19.8 Å². The Labute approximate surface area is 186 Å². The number of nitrogens with one attached hydrogen (secondary N) is 1. The van der Waals surface area contributed by atoms with Gasteiger partial charge in [0.05, 0.1) is 18.7 Å². The Morgan fingerprint density at radius 1 is 1.16 bits per heavy atom. The van der Waals surface area contributed by atoms with Gasteiger partial charge in [-0.15, -0.1) is 21.5 Å². The third-order valence-corrected chi connectivity index (χ3v) is 6.04. The minimum absolute atomic E-state index is 0.145. The maximum Gasteiger partial charge on any atom is 0.232 e. The fourth-order valence-corrected chi connectivity index (χ4v) is 4.52. The maximum absolute atomic E-state index is 13.3. The van der Waals surface area contributed by atoms with Crippen molar-refractivity contribution in [2.75, 3.05) is 11.9 Å². The molecule has 0 atom stereocenters. The predicted octanol–water partition coefficient (Wildman–Crippen LogP) is 4.97. The summed E-state index contributed by atoms with van der Waals surface area (Å²) in [6.07, 6.45) is 0.606. The van der Waals surface area contributed by atoms with Crippen LogP contribution in [0, 0.1) is 5.82 Å². The van der Waals surface area contributed by atoms with Crippen LogP contribution in [0.5, 0.6) is 5.75 Å². The Hall–Kier alpha value is -3.17. The lowest BCUT2D eigenvalue weighted by Gasteiger charge is -2.03. The van der Waals surface area contributed by atoms with Crippen LogP contribution in [0.2, 0.25) is 0 Å². The van der Waals surface area contributed by atoms with E-state index < -0.39 is 0 Å². The summed E-state index contributed by atoms with van der Waals surface area (Å²) in [5.41, 5.74) is 2.47. The minimum Gasteiger partial charge on any atom is -0.494 e. The lowest BCUT2D eigenvalue weighted by atomic mass is 10.1.